The maximum absolute atomic E-state index is 5.99. The highest BCUT2D eigenvalue weighted by molar-refractivity contribution is 5.25. The SMILES string of the molecule is COCc1ccc(CN(Cc2cccnc2)CC2CCN(Cc3ccccc3C)CC2)o1. The number of aryl methyl sites for hydroxylation is 1. The molecule has 0 aliphatic carbocycles. The van der Waals surface area contributed by atoms with E-state index in [0.29, 0.717) is 12.5 Å². The molecule has 1 aliphatic rings. The van der Waals surface area contributed by atoms with Gasteiger partial charge in [-0.3, -0.25) is 14.8 Å². The van der Waals surface area contributed by atoms with Gasteiger partial charge in [-0.1, -0.05) is 30.3 Å². The van der Waals surface area contributed by atoms with Gasteiger partial charge in [-0.2, -0.15) is 0 Å². The molecule has 3 heterocycles. The molecule has 5 nitrogen and oxygen atoms in total. The monoisotopic (exact) mass is 433 g/mol. The lowest BCUT2D eigenvalue weighted by Crippen LogP contribution is -2.38. The summed E-state index contributed by atoms with van der Waals surface area (Å²) in [6.07, 6.45) is 6.28. The maximum Gasteiger partial charge on any atom is 0.129 e. The zero-order chi connectivity index (χ0) is 22.2. The van der Waals surface area contributed by atoms with Crippen LogP contribution in [0.25, 0.3) is 0 Å². The molecule has 0 saturated carbocycles. The number of methoxy groups -OCH3 is 1. The molecule has 0 spiro atoms. The van der Waals surface area contributed by atoms with Gasteiger partial charge in [0.05, 0.1) is 6.54 Å². The summed E-state index contributed by atoms with van der Waals surface area (Å²) >= 11 is 0. The summed E-state index contributed by atoms with van der Waals surface area (Å²) in [5.41, 5.74) is 4.09. The number of nitrogens with zero attached hydrogens (tertiary/aromatic N) is 3. The van der Waals surface area contributed by atoms with Crippen LogP contribution in [0.3, 0.4) is 0 Å². The minimum absolute atomic E-state index is 0.516. The van der Waals surface area contributed by atoms with Crippen molar-refractivity contribution in [2.24, 2.45) is 5.92 Å². The molecule has 0 bridgehead atoms. The van der Waals surface area contributed by atoms with Crippen molar-refractivity contribution in [3.63, 3.8) is 0 Å². The van der Waals surface area contributed by atoms with Crippen molar-refractivity contribution in [1.82, 2.24) is 14.8 Å². The third-order valence-corrected chi connectivity index (χ3v) is 6.39. The van der Waals surface area contributed by atoms with Gasteiger partial charge in [-0.05, 0) is 73.7 Å². The van der Waals surface area contributed by atoms with Crippen LogP contribution in [0, 0.1) is 12.8 Å². The molecule has 4 rings (SSSR count). The van der Waals surface area contributed by atoms with E-state index in [9.17, 15) is 0 Å². The Labute approximate surface area is 192 Å². The van der Waals surface area contributed by atoms with Crippen LogP contribution in [0.1, 0.15) is 41.1 Å². The van der Waals surface area contributed by atoms with Crippen LogP contribution in [-0.2, 0) is 31.0 Å². The van der Waals surface area contributed by atoms with Crippen LogP contribution in [0.2, 0.25) is 0 Å². The van der Waals surface area contributed by atoms with Gasteiger partial charge in [0.25, 0.3) is 0 Å². The number of hydrogen-bond donors (Lipinski definition) is 0. The first kappa shape index (κ1) is 22.7. The number of benzene rings is 1. The minimum atomic E-state index is 0.516. The van der Waals surface area contributed by atoms with Crippen molar-refractivity contribution in [3.8, 4) is 0 Å². The minimum Gasteiger partial charge on any atom is -0.462 e. The molecular weight excluding hydrogens is 398 g/mol. The Morgan fingerprint density at radius 2 is 1.84 bits per heavy atom. The molecule has 0 radical (unpaired) electrons. The van der Waals surface area contributed by atoms with Crippen LogP contribution in [-0.4, -0.2) is 41.5 Å². The fourth-order valence-corrected chi connectivity index (χ4v) is 4.60. The van der Waals surface area contributed by atoms with Crippen molar-refractivity contribution in [3.05, 3.63) is 89.1 Å². The Hall–Kier alpha value is -2.47. The van der Waals surface area contributed by atoms with Crippen LogP contribution >= 0.6 is 0 Å². The number of hydrogen-bond acceptors (Lipinski definition) is 5. The molecule has 1 saturated heterocycles. The third kappa shape index (κ3) is 6.52. The van der Waals surface area contributed by atoms with E-state index in [1.807, 2.05) is 24.5 Å². The second-order valence-corrected chi connectivity index (χ2v) is 8.98. The summed E-state index contributed by atoms with van der Waals surface area (Å²) in [6, 6.07) is 17.0. The summed E-state index contributed by atoms with van der Waals surface area (Å²) in [5, 5.41) is 0. The maximum atomic E-state index is 5.99. The number of aromatic nitrogens is 1. The molecule has 32 heavy (non-hydrogen) atoms. The first-order valence-electron chi connectivity index (χ1n) is 11.6. The molecule has 0 amide bonds. The van der Waals surface area contributed by atoms with E-state index in [4.69, 9.17) is 9.15 Å². The van der Waals surface area contributed by atoms with Crippen LogP contribution in [0.5, 0.6) is 0 Å². The van der Waals surface area contributed by atoms with Crippen LogP contribution in [0.15, 0.2) is 65.3 Å². The van der Waals surface area contributed by atoms with Crippen LogP contribution < -0.4 is 0 Å². The van der Waals surface area contributed by atoms with Crippen molar-refractivity contribution in [2.75, 3.05) is 26.7 Å². The van der Waals surface area contributed by atoms with Gasteiger partial charge in [0, 0.05) is 39.1 Å². The predicted molar refractivity (Wildman–Crippen MR) is 127 cm³/mol. The Morgan fingerprint density at radius 1 is 1.03 bits per heavy atom. The van der Waals surface area contributed by atoms with Gasteiger partial charge in [0.1, 0.15) is 18.1 Å². The van der Waals surface area contributed by atoms with E-state index in [1.165, 1.54) is 42.6 Å². The lowest BCUT2D eigenvalue weighted by molar-refractivity contribution is 0.124. The van der Waals surface area contributed by atoms with Gasteiger partial charge in [0.15, 0.2) is 0 Å². The number of likely N-dealkylation sites (tertiary alicyclic amines) is 1. The van der Waals surface area contributed by atoms with Gasteiger partial charge < -0.3 is 9.15 Å². The molecular formula is C27H35N3O2. The molecule has 1 fully saturated rings. The highest BCUT2D eigenvalue weighted by Crippen LogP contribution is 2.23. The normalized spacial score (nSPS) is 15.5. The highest BCUT2D eigenvalue weighted by Gasteiger charge is 2.22. The summed E-state index contributed by atoms with van der Waals surface area (Å²) in [4.78, 5) is 9.42. The first-order chi connectivity index (χ1) is 15.7. The van der Waals surface area contributed by atoms with Gasteiger partial charge in [-0.15, -0.1) is 0 Å². The molecule has 2 aromatic heterocycles. The predicted octanol–water partition coefficient (Wildman–Crippen LogP) is 5.04. The molecule has 0 atom stereocenters. The average molecular weight is 434 g/mol. The number of rotatable bonds is 10. The second kappa shape index (κ2) is 11.4. The Balaban J connectivity index is 1.34. The number of ether oxygens (including phenoxy) is 1. The lowest BCUT2D eigenvalue weighted by Gasteiger charge is -2.35. The number of piperidine rings is 1. The molecule has 1 aliphatic heterocycles. The van der Waals surface area contributed by atoms with Gasteiger partial charge in [-0.25, -0.2) is 0 Å². The highest BCUT2D eigenvalue weighted by atomic mass is 16.5. The molecule has 5 heteroatoms. The zero-order valence-corrected chi connectivity index (χ0v) is 19.4. The van der Waals surface area contributed by atoms with E-state index >= 15 is 0 Å². The van der Waals surface area contributed by atoms with Gasteiger partial charge in [0.2, 0.25) is 0 Å². The standard InChI is InChI=1S/C27H35N3O2/c1-22-6-3-4-8-25(22)19-29-14-11-23(12-15-29)17-30(18-24-7-5-13-28-16-24)20-26-9-10-27(32-26)21-31-2/h3-10,13,16,23H,11-12,14-15,17-21H2,1-2H3. The molecule has 170 valence electrons. The van der Waals surface area contributed by atoms with E-state index in [1.54, 1.807) is 7.11 Å². The summed E-state index contributed by atoms with van der Waals surface area (Å²) < 4.78 is 11.2. The Kier molecular flexibility index (Phi) is 8.10. The van der Waals surface area contributed by atoms with Gasteiger partial charge >= 0.3 is 0 Å². The molecule has 3 aromatic rings. The summed E-state index contributed by atoms with van der Waals surface area (Å²) in [6.45, 7) is 8.89. The van der Waals surface area contributed by atoms with E-state index < -0.39 is 0 Å². The first-order valence-corrected chi connectivity index (χ1v) is 11.6. The van der Waals surface area contributed by atoms with E-state index in [0.717, 1.165) is 37.7 Å². The zero-order valence-electron chi connectivity index (χ0n) is 19.4. The summed E-state index contributed by atoms with van der Waals surface area (Å²) in [7, 11) is 1.70. The largest absolute Gasteiger partial charge is 0.462 e. The van der Waals surface area contributed by atoms with E-state index in [-0.39, 0.29) is 0 Å². The number of furan rings is 1. The number of pyridine rings is 1. The Morgan fingerprint density at radius 3 is 2.59 bits per heavy atom. The average Bonchev–Trinajstić information content (AvgIpc) is 3.24. The third-order valence-electron chi connectivity index (χ3n) is 6.39. The van der Waals surface area contributed by atoms with Crippen molar-refractivity contribution in [1.29, 1.82) is 0 Å². The smallest absolute Gasteiger partial charge is 0.129 e. The fourth-order valence-electron chi connectivity index (χ4n) is 4.60. The quantitative estimate of drug-likeness (QED) is 0.448. The molecule has 0 N–H and O–H groups in total. The topological polar surface area (TPSA) is 41.7 Å². The molecule has 0 unspecified atom stereocenters. The van der Waals surface area contributed by atoms with E-state index in [2.05, 4.69) is 58.1 Å². The fraction of sp³-hybridized carbons (Fsp3) is 0.444. The summed E-state index contributed by atoms with van der Waals surface area (Å²) in [5.74, 6) is 2.58. The molecule has 1 aromatic carbocycles. The Bertz CT molecular complexity index is 948. The van der Waals surface area contributed by atoms with Crippen molar-refractivity contribution in [2.45, 2.75) is 46.0 Å². The van der Waals surface area contributed by atoms with Crippen molar-refractivity contribution < 1.29 is 9.15 Å². The second-order valence-electron chi connectivity index (χ2n) is 8.98. The van der Waals surface area contributed by atoms with Crippen molar-refractivity contribution >= 4 is 0 Å². The van der Waals surface area contributed by atoms with Crippen LogP contribution in [0.4, 0.5) is 0 Å². The lowest BCUT2D eigenvalue weighted by atomic mass is 9.95.